The van der Waals surface area contributed by atoms with Crippen molar-refractivity contribution in [1.29, 1.82) is 0 Å². The number of hydrogen-bond acceptors (Lipinski definition) is 2. The predicted molar refractivity (Wildman–Crippen MR) is 27.0 cm³/mol. The van der Waals surface area contributed by atoms with Gasteiger partial charge in [0.25, 0.3) is 0 Å². The van der Waals surface area contributed by atoms with Crippen molar-refractivity contribution >= 4 is 0 Å². The second kappa shape index (κ2) is 1.43. The van der Waals surface area contributed by atoms with Crippen LogP contribution in [-0.4, -0.2) is 24.9 Å². The number of hydroxylamine groups is 2. The van der Waals surface area contributed by atoms with Crippen LogP contribution in [0.3, 0.4) is 0 Å². The van der Waals surface area contributed by atoms with Crippen LogP contribution in [0.15, 0.2) is 0 Å². The lowest BCUT2D eigenvalue weighted by atomic mass is 10.5. The quantitative estimate of drug-likeness (QED) is 0.340. The lowest BCUT2D eigenvalue weighted by Gasteiger charge is -2.31. The van der Waals surface area contributed by atoms with Crippen LogP contribution in [0.25, 0.3) is 0 Å². The van der Waals surface area contributed by atoms with Gasteiger partial charge in [0.05, 0.1) is 20.1 Å². The summed E-state index contributed by atoms with van der Waals surface area (Å²) in [6, 6.07) is 0. The Labute approximate surface area is 43.1 Å². The van der Waals surface area contributed by atoms with Gasteiger partial charge < -0.3 is 5.21 Å². The maximum absolute atomic E-state index is 10.7. The highest BCUT2D eigenvalue weighted by atomic mass is 16.6. The molecule has 1 saturated heterocycles. The van der Waals surface area contributed by atoms with Gasteiger partial charge in [0, 0.05) is 6.42 Å². The summed E-state index contributed by atoms with van der Waals surface area (Å²) in [5, 5.41) is 10.7. The number of nitrogens with zero attached hydrogens (tertiary/aromatic N) is 1. The summed E-state index contributed by atoms with van der Waals surface area (Å²) in [5.41, 5.74) is 2.78. The molecule has 1 atom stereocenters. The highest BCUT2D eigenvalue weighted by Gasteiger charge is 2.15. The van der Waals surface area contributed by atoms with Crippen molar-refractivity contribution in [3.8, 4) is 0 Å². The second-order valence-corrected chi connectivity index (χ2v) is 2.09. The van der Waals surface area contributed by atoms with E-state index < -0.39 is 0 Å². The molecule has 1 fully saturated rings. The fourth-order valence-electron chi connectivity index (χ4n) is 0.775. The monoisotopic (exact) mass is 102 g/mol. The zero-order chi connectivity index (χ0) is 5.33. The minimum Gasteiger partial charge on any atom is -0.612 e. The Hall–Kier alpha value is -0.120. The Kier molecular flexibility index (Phi) is 1.03. The molecule has 1 aliphatic rings. The molecule has 1 heterocycles. The molecule has 0 bridgehead atoms. The third-order valence-electron chi connectivity index (χ3n) is 1.21. The SMILES string of the molecule is C[N+]1([O-])CCCN1. The van der Waals surface area contributed by atoms with E-state index in [0.29, 0.717) is 0 Å². The molecule has 0 spiro atoms. The van der Waals surface area contributed by atoms with Crippen molar-refractivity contribution in [3.05, 3.63) is 5.21 Å². The first kappa shape index (κ1) is 5.03. The summed E-state index contributed by atoms with van der Waals surface area (Å²) in [7, 11) is 1.63. The average Bonchev–Trinajstić information content (AvgIpc) is 1.84. The molecule has 0 amide bonds. The van der Waals surface area contributed by atoms with Crippen molar-refractivity contribution < 1.29 is 4.76 Å². The molecule has 0 radical (unpaired) electrons. The van der Waals surface area contributed by atoms with Gasteiger partial charge in [-0.05, 0) is 0 Å². The third-order valence-corrected chi connectivity index (χ3v) is 1.21. The molecular formula is C4H10N2O. The molecule has 1 unspecified atom stereocenters. The van der Waals surface area contributed by atoms with Crippen LogP contribution in [0.4, 0.5) is 0 Å². The van der Waals surface area contributed by atoms with Gasteiger partial charge in [0.1, 0.15) is 0 Å². The highest BCUT2D eigenvalue weighted by molar-refractivity contribution is 4.46. The van der Waals surface area contributed by atoms with Crippen LogP contribution in [0.1, 0.15) is 6.42 Å². The second-order valence-electron chi connectivity index (χ2n) is 2.09. The number of nitrogens with one attached hydrogen (secondary N) is 1. The summed E-state index contributed by atoms with van der Waals surface area (Å²) >= 11 is 0. The van der Waals surface area contributed by atoms with Gasteiger partial charge in [-0.2, -0.15) is 5.43 Å². The number of hydrogen-bond donors (Lipinski definition) is 1. The van der Waals surface area contributed by atoms with E-state index in [-0.39, 0.29) is 4.76 Å². The summed E-state index contributed by atoms with van der Waals surface area (Å²) in [6.45, 7) is 1.60. The molecule has 7 heavy (non-hydrogen) atoms. The molecule has 42 valence electrons. The molecule has 0 aromatic carbocycles. The Morgan fingerprint density at radius 2 is 2.43 bits per heavy atom. The Morgan fingerprint density at radius 1 is 1.71 bits per heavy atom. The largest absolute Gasteiger partial charge is 0.612 e. The van der Waals surface area contributed by atoms with Crippen LogP contribution >= 0.6 is 0 Å². The molecule has 3 heteroatoms. The van der Waals surface area contributed by atoms with E-state index in [2.05, 4.69) is 5.43 Å². The minimum absolute atomic E-state index is 0.250. The summed E-state index contributed by atoms with van der Waals surface area (Å²) in [4.78, 5) is 0. The molecule has 3 nitrogen and oxygen atoms in total. The molecule has 1 rings (SSSR count). The van der Waals surface area contributed by atoms with Gasteiger partial charge in [-0.15, -0.1) is 0 Å². The molecule has 0 aromatic rings. The molecular weight excluding hydrogens is 92.1 g/mol. The zero-order valence-electron chi connectivity index (χ0n) is 4.48. The Morgan fingerprint density at radius 3 is 2.57 bits per heavy atom. The predicted octanol–water partition coefficient (Wildman–Crippen LogP) is -0.161. The normalized spacial score (nSPS) is 42.0. The van der Waals surface area contributed by atoms with Crippen LogP contribution in [-0.2, 0) is 0 Å². The fourth-order valence-corrected chi connectivity index (χ4v) is 0.775. The number of rotatable bonds is 0. The summed E-state index contributed by atoms with van der Waals surface area (Å²) < 4.78 is -0.250. The average molecular weight is 102 g/mol. The smallest absolute Gasteiger partial charge is 0.0972 e. The van der Waals surface area contributed by atoms with Crippen LogP contribution in [0.5, 0.6) is 0 Å². The highest BCUT2D eigenvalue weighted by Crippen LogP contribution is 2.01. The van der Waals surface area contributed by atoms with Crippen LogP contribution in [0.2, 0.25) is 0 Å². The Balaban J connectivity index is 2.40. The van der Waals surface area contributed by atoms with Crippen molar-refractivity contribution in [2.24, 2.45) is 0 Å². The van der Waals surface area contributed by atoms with Gasteiger partial charge in [0.15, 0.2) is 0 Å². The van der Waals surface area contributed by atoms with E-state index in [4.69, 9.17) is 0 Å². The van der Waals surface area contributed by atoms with E-state index >= 15 is 0 Å². The van der Waals surface area contributed by atoms with Crippen LogP contribution in [0, 0.1) is 5.21 Å². The van der Waals surface area contributed by atoms with E-state index in [9.17, 15) is 5.21 Å². The Bertz CT molecular complexity index is 64.1. The third kappa shape index (κ3) is 1.12. The molecule has 1 aliphatic heterocycles. The standard InChI is InChI=1S/C4H10N2O/c1-6(7)4-2-3-5-6/h5H,2-4H2,1H3. The zero-order valence-corrected chi connectivity index (χ0v) is 4.48. The van der Waals surface area contributed by atoms with E-state index in [1.54, 1.807) is 7.05 Å². The van der Waals surface area contributed by atoms with Gasteiger partial charge in [-0.3, -0.25) is 4.76 Å². The summed E-state index contributed by atoms with van der Waals surface area (Å²) in [6.07, 6.45) is 1.01. The first-order valence-electron chi connectivity index (χ1n) is 2.52. The van der Waals surface area contributed by atoms with Crippen molar-refractivity contribution in [2.45, 2.75) is 6.42 Å². The lowest BCUT2D eigenvalue weighted by Crippen LogP contribution is -2.43. The van der Waals surface area contributed by atoms with Gasteiger partial charge in [-0.25, -0.2) is 0 Å². The maximum atomic E-state index is 10.7. The van der Waals surface area contributed by atoms with Gasteiger partial charge in [0.2, 0.25) is 0 Å². The van der Waals surface area contributed by atoms with Crippen LogP contribution < -0.4 is 5.43 Å². The number of quaternary nitrogens is 1. The van der Waals surface area contributed by atoms with Crippen molar-refractivity contribution in [2.75, 3.05) is 20.1 Å². The molecule has 1 N–H and O–H groups in total. The van der Waals surface area contributed by atoms with E-state index in [1.165, 1.54) is 0 Å². The molecule has 0 saturated carbocycles. The maximum Gasteiger partial charge on any atom is 0.0972 e. The first-order valence-corrected chi connectivity index (χ1v) is 2.52. The first-order chi connectivity index (χ1) is 3.21. The van der Waals surface area contributed by atoms with E-state index in [1.807, 2.05) is 0 Å². The van der Waals surface area contributed by atoms with Crippen molar-refractivity contribution in [1.82, 2.24) is 5.43 Å². The topological polar surface area (TPSA) is 35.1 Å². The minimum atomic E-state index is -0.250. The molecule has 0 aliphatic carbocycles. The van der Waals surface area contributed by atoms with Gasteiger partial charge >= 0.3 is 0 Å². The van der Waals surface area contributed by atoms with E-state index in [0.717, 1.165) is 19.5 Å². The summed E-state index contributed by atoms with van der Waals surface area (Å²) in [5.74, 6) is 0. The fraction of sp³-hybridized carbons (Fsp3) is 1.00. The van der Waals surface area contributed by atoms with Gasteiger partial charge in [-0.1, -0.05) is 0 Å². The van der Waals surface area contributed by atoms with Crippen molar-refractivity contribution in [3.63, 3.8) is 0 Å². The molecule has 0 aromatic heterocycles. The lowest BCUT2D eigenvalue weighted by molar-refractivity contribution is -0.892.